The molecule has 0 aliphatic heterocycles. The molecule has 0 saturated carbocycles. The smallest absolute Gasteiger partial charge is 0.229 e. The molecule has 0 aliphatic carbocycles. The number of fused-ring (bicyclic) bond motifs is 1. The van der Waals surface area contributed by atoms with Crippen LogP contribution < -0.4 is 5.32 Å². The number of aromatic nitrogens is 1. The fraction of sp³-hybridized carbons (Fsp3) is 0.286. The first kappa shape index (κ1) is 16.3. The highest BCUT2D eigenvalue weighted by Gasteiger charge is 2.21. The van der Waals surface area contributed by atoms with Crippen molar-refractivity contribution in [3.8, 4) is 11.3 Å². The number of rotatable bonds is 2. The predicted molar refractivity (Wildman–Crippen MR) is 101 cm³/mol. The topological polar surface area (TPSA) is 44.9 Å². The molecule has 1 heterocycles. The van der Waals surface area contributed by atoms with E-state index in [2.05, 4.69) is 48.4 Å². The zero-order valence-corrected chi connectivity index (χ0v) is 14.9. The highest BCUT2D eigenvalue weighted by Crippen LogP contribution is 2.28. The van der Waals surface area contributed by atoms with E-state index >= 15 is 0 Å². The average Bonchev–Trinajstić information content (AvgIpc) is 2.88. The number of benzene rings is 2. The normalized spacial score (nSPS) is 11.7. The number of anilines is 1. The molecule has 3 nitrogen and oxygen atoms in total. The number of aryl methyl sites for hydroxylation is 2. The lowest BCUT2D eigenvalue weighted by atomic mass is 9.95. The number of nitrogens with one attached hydrogen (secondary N) is 2. The summed E-state index contributed by atoms with van der Waals surface area (Å²) in [6.45, 7) is 9.96. The number of carbonyl (C=O) groups excluding carboxylic acids is 1. The van der Waals surface area contributed by atoms with E-state index in [4.69, 9.17) is 0 Å². The third-order valence-electron chi connectivity index (χ3n) is 4.09. The van der Waals surface area contributed by atoms with Gasteiger partial charge in [-0.25, -0.2) is 0 Å². The van der Waals surface area contributed by atoms with E-state index in [0.717, 1.165) is 22.3 Å². The van der Waals surface area contributed by atoms with Crippen molar-refractivity contribution in [2.24, 2.45) is 5.41 Å². The molecule has 1 aromatic heterocycles. The quantitative estimate of drug-likeness (QED) is 0.649. The summed E-state index contributed by atoms with van der Waals surface area (Å²) >= 11 is 0. The second kappa shape index (κ2) is 5.82. The van der Waals surface area contributed by atoms with Gasteiger partial charge in [-0.15, -0.1) is 0 Å². The van der Waals surface area contributed by atoms with Crippen LogP contribution in [0.3, 0.4) is 0 Å². The second-order valence-corrected chi connectivity index (χ2v) is 7.57. The van der Waals surface area contributed by atoms with Gasteiger partial charge in [-0.05, 0) is 55.8 Å². The van der Waals surface area contributed by atoms with Gasteiger partial charge in [0.1, 0.15) is 0 Å². The molecule has 0 fully saturated rings. The molecule has 0 aliphatic rings. The standard InChI is InChI=1S/C21H24N2O/c1-13-8-14(2)10-15(9-13)19-12-16-11-17(6-7-18(16)23-19)22-20(24)21(3,4)5/h6-12,23H,1-5H3,(H,22,24). The summed E-state index contributed by atoms with van der Waals surface area (Å²) in [5.74, 6) is 0.0203. The van der Waals surface area contributed by atoms with Crippen molar-refractivity contribution in [1.29, 1.82) is 0 Å². The van der Waals surface area contributed by atoms with Crippen LogP contribution in [0.15, 0.2) is 42.5 Å². The highest BCUT2D eigenvalue weighted by molar-refractivity contribution is 5.97. The summed E-state index contributed by atoms with van der Waals surface area (Å²) < 4.78 is 0. The molecule has 124 valence electrons. The molecule has 2 aromatic carbocycles. The Kier molecular flexibility index (Phi) is 3.96. The first-order valence-electron chi connectivity index (χ1n) is 8.25. The van der Waals surface area contributed by atoms with Crippen LogP contribution in [0.2, 0.25) is 0 Å². The summed E-state index contributed by atoms with van der Waals surface area (Å²) in [4.78, 5) is 15.6. The monoisotopic (exact) mass is 320 g/mol. The lowest BCUT2D eigenvalue weighted by Gasteiger charge is -2.17. The fourth-order valence-corrected chi connectivity index (χ4v) is 2.81. The zero-order valence-electron chi connectivity index (χ0n) is 14.9. The maximum Gasteiger partial charge on any atom is 0.229 e. The lowest BCUT2D eigenvalue weighted by Crippen LogP contribution is -2.27. The number of carbonyl (C=O) groups is 1. The number of amides is 1. The van der Waals surface area contributed by atoms with E-state index in [1.807, 2.05) is 39.0 Å². The molecule has 0 bridgehead atoms. The van der Waals surface area contributed by atoms with Crippen LogP contribution in [0, 0.1) is 19.3 Å². The van der Waals surface area contributed by atoms with Gasteiger partial charge in [0.25, 0.3) is 0 Å². The van der Waals surface area contributed by atoms with Crippen molar-refractivity contribution < 1.29 is 4.79 Å². The Balaban J connectivity index is 1.96. The molecule has 3 aromatic rings. The van der Waals surface area contributed by atoms with E-state index in [1.165, 1.54) is 16.7 Å². The minimum atomic E-state index is -0.405. The van der Waals surface area contributed by atoms with Gasteiger partial charge in [-0.1, -0.05) is 38.0 Å². The molecule has 0 spiro atoms. The fourth-order valence-electron chi connectivity index (χ4n) is 2.81. The van der Waals surface area contributed by atoms with Gasteiger partial charge in [0.15, 0.2) is 0 Å². The van der Waals surface area contributed by atoms with Crippen LogP contribution in [0.25, 0.3) is 22.2 Å². The first-order valence-corrected chi connectivity index (χ1v) is 8.25. The lowest BCUT2D eigenvalue weighted by molar-refractivity contribution is -0.123. The van der Waals surface area contributed by atoms with Crippen LogP contribution in [-0.4, -0.2) is 10.9 Å². The third kappa shape index (κ3) is 3.35. The molecule has 0 atom stereocenters. The van der Waals surface area contributed by atoms with Gasteiger partial charge in [-0.3, -0.25) is 4.79 Å². The predicted octanol–water partition coefficient (Wildman–Crippen LogP) is 5.44. The van der Waals surface area contributed by atoms with Gasteiger partial charge in [-0.2, -0.15) is 0 Å². The zero-order chi connectivity index (χ0) is 17.5. The Bertz CT molecular complexity index is 893. The SMILES string of the molecule is Cc1cc(C)cc(-c2cc3cc(NC(=O)C(C)(C)C)ccc3[nH]2)c1. The molecular formula is C21H24N2O. The van der Waals surface area contributed by atoms with Crippen LogP contribution >= 0.6 is 0 Å². The molecule has 0 saturated heterocycles. The molecule has 2 N–H and O–H groups in total. The Hall–Kier alpha value is -2.55. The number of aromatic amines is 1. The summed E-state index contributed by atoms with van der Waals surface area (Å²) in [6.07, 6.45) is 0. The minimum absolute atomic E-state index is 0.0203. The van der Waals surface area contributed by atoms with Crippen LogP contribution in [-0.2, 0) is 4.79 Å². The van der Waals surface area contributed by atoms with E-state index in [-0.39, 0.29) is 5.91 Å². The molecule has 3 rings (SSSR count). The number of hydrogen-bond acceptors (Lipinski definition) is 1. The Morgan fingerprint density at radius 2 is 1.62 bits per heavy atom. The molecule has 24 heavy (non-hydrogen) atoms. The van der Waals surface area contributed by atoms with Crippen LogP contribution in [0.1, 0.15) is 31.9 Å². The van der Waals surface area contributed by atoms with Crippen molar-refractivity contribution in [3.63, 3.8) is 0 Å². The average molecular weight is 320 g/mol. The Labute approximate surface area is 143 Å². The molecule has 0 radical (unpaired) electrons. The maximum atomic E-state index is 12.2. The van der Waals surface area contributed by atoms with Crippen LogP contribution in [0.4, 0.5) is 5.69 Å². The molecule has 3 heteroatoms. The van der Waals surface area contributed by atoms with Crippen LogP contribution in [0.5, 0.6) is 0 Å². The maximum absolute atomic E-state index is 12.2. The van der Waals surface area contributed by atoms with Crippen molar-refractivity contribution in [1.82, 2.24) is 4.98 Å². The van der Waals surface area contributed by atoms with Gasteiger partial charge < -0.3 is 10.3 Å². The largest absolute Gasteiger partial charge is 0.355 e. The summed E-state index contributed by atoms with van der Waals surface area (Å²) in [6, 6.07) is 14.6. The van der Waals surface area contributed by atoms with E-state index < -0.39 is 5.41 Å². The van der Waals surface area contributed by atoms with Gasteiger partial charge in [0.05, 0.1) is 0 Å². The van der Waals surface area contributed by atoms with E-state index in [9.17, 15) is 4.79 Å². The van der Waals surface area contributed by atoms with Crippen molar-refractivity contribution >= 4 is 22.5 Å². The van der Waals surface area contributed by atoms with Gasteiger partial charge >= 0.3 is 0 Å². The molecular weight excluding hydrogens is 296 g/mol. The third-order valence-corrected chi connectivity index (χ3v) is 4.09. The van der Waals surface area contributed by atoms with Crippen molar-refractivity contribution in [3.05, 3.63) is 53.6 Å². The van der Waals surface area contributed by atoms with Gasteiger partial charge in [0.2, 0.25) is 5.91 Å². The van der Waals surface area contributed by atoms with E-state index in [0.29, 0.717) is 0 Å². The van der Waals surface area contributed by atoms with Gasteiger partial charge in [0, 0.05) is 27.7 Å². The second-order valence-electron chi connectivity index (χ2n) is 7.57. The summed E-state index contributed by atoms with van der Waals surface area (Å²) in [5.41, 5.74) is 6.27. The number of H-pyrrole nitrogens is 1. The molecule has 1 amide bonds. The van der Waals surface area contributed by atoms with Crippen molar-refractivity contribution in [2.75, 3.05) is 5.32 Å². The summed E-state index contributed by atoms with van der Waals surface area (Å²) in [5, 5.41) is 4.08. The molecule has 0 unspecified atom stereocenters. The van der Waals surface area contributed by atoms with Crippen molar-refractivity contribution in [2.45, 2.75) is 34.6 Å². The Morgan fingerprint density at radius 1 is 0.958 bits per heavy atom. The first-order chi connectivity index (χ1) is 11.2. The minimum Gasteiger partial charge on any atom is -0.355 e. The Morgan fingerprint density at radius 3 is 2.25 bits per heavy atom. The highest BCUT2D eigenvalue weighted by atomic mass is 16.2. The number of hydrogen-bond donors (Lipinski definition) is 2. The van der Waals surface area contributed by atoms with E-state index in [1.54, 1.807) is 0 Å². The summed E-state index contributed by atoms with van der Waals surface area (Å²) in [7, 11) is 0.